The number of aromatic nitrogens is 1. The molecule has 2 heterocycles. The van der Waals surface area contributed by atoms with E-state index in [2.05, 4.69) is 15.6 Å². The third-order valence-corrected chi connectivity index (χ3v) is 6.79. The van der Waals surface area contributed by atoms with Crippen LogP contribution in [0.4, 0.5) is 16.5 Å². The molecule has 0 spiro atoms. The third kappa shape index (κ3) is 4.82. The molecule has 3 aromatic rings. The first-order valence-corrected chi connectivity index (χ1v) is 11.6. The zero-order valence-corrected chi connectivity index (χ0v) is 19.6. The summed E-state index contributed by atoms with van der Waals surface area (Å²) in [5, 5.41) is 18.3. The van der Waals surface area contributed by atoms with Crippen molar-refractivity contribution < 1.29 is 9.72 Å². The van der Waals surface area contributed by atoms with Gasteiger partial charge in [-0.3, -0.25) is 20.2 Å². The van der Waals surface area contributed by atoms with Crippen LogP contribution in [0.5, 0.6) is 0 Å². The lowest BCUT2D eigenvalue weighted by Crippen LogP contribution is -2.34. The monoisotopic (exact) mass is 489 g/mol. The standard InChI is InChI=1S/C21H20ClN5O3S2/c1-12-9-18-15(11-14(12)22)23-21(32-18)25-20(31)24-19(28)13-5-6-16(17(10-13)27(29)30)26-7-3-2-4-8-26/h5-6,9-11H,2-4,7-8H2,1H3,(H2,23,24,25,28,31). The number of amides is 1. The smallest absolute Gasteiger partial charge is 0.293 e. The normalized spacial score (nSPS) is 13.8. The molecule has 1 aliphatic rings. The molecular formula is C21H20ClN5O3S2. The van der Waals surface area contributed by atoms with E-state index in [1.807, 2.05) is 17.9 Å². The van der Waals surface area contributed by atoms with Crippen molar-refractivity contribution in [1.29, 1.82) is 0 Å². The summed E-state index contributed by atoms with van der Waals surface area (Å²) >= 11 is 12.8. The Labute approximate surface area is 198 Å². The van der Waals surface area contributed by atoms with Crippen LogP contribution in [0, 0.1) is 17.0 Å². The van der Waals surface area contributed by atoms with E-state index in [0.717, 1.165) is 48.1 Å². The van der Waals surface area contributed by atoms with E-state index in [1.54, 1.807) is 18.2 Å². The average molecular weight is 490 g/mol. The summed E-state index contributed by atoms with van der Waals surface area (Å²) in [6, 6.07) is 8.22. The van der Waals surface area contributed by atoms with Crippen molar-refractivity contribution in [2.45, 2.75) is 26.2 Å². The minimum absolute atomic E-state index is 0.0552. The van der Waals surface area contributed by atoms with Gasteiger partial charge in [0.05, 0.1) is 15.1 Å². The summed E-state index contributed by atoms with van der Waals surface area (Å²) in [7, 11) is 0. The summed E-state index contributed by atoms with van der Waals surface area (Å²) < 4.78 is 0.937. The molecule has 1 fully saturated rings. The van der Waals surface area contributed by atoms with Crippen molar-refractivity contribution in [3.8, 4) is 0 Å². The molecule has 2 N–H and O–H groups in total. The molecule has 0 unspecified atom stereocenters. The maximum atomic E-state index is 12.7. The average Bonchev–Trinajstić information content (AvgIpc) is 3.14. The van der Waals surface area contributed by atoms with Crippen LogP contribution < -0.4 is 15.5 Å². The maximum absolute atomic E-state index is 12.7. The van der Waals surface area contributed by atoms with Crippen LogP contribution in [0.15, 0.2) is 30.3 Å². The van der Waals surface area contributed by atoms with Crippen LogP contribution >= 0.6 is 35.2 Å². The number of rotatable bonds is 4. The number of hydrogen-bond donors (Lipinski definition) is 2. The number of nitrogens with one attached hydrogen (secondary N) is 2. The second kappa shape index (κ2) is 9.35. The fraction of sp³-hybridized carbons (Fsp3) is 0.286. The van der Waals surface area contributed by atoms with Crippen molar-refractivity contribution in [2.75, 3.05) is 23.3 Å². The van der Waals surface area contributed by atoms with Gasteiger partial charge in [0, 0.05) is 29.7 Å². The van der Waals surface area contributed by atoms with E-state index in [4.69, 9.17) is 23.8 Å². The molecule has 166 valence electrons. The fourth-order valence-electron chi connectivity index (χ4n) is 3.62. The van der Waals surface area contributed by atoms with Crippen LogP contribution in [-0.2, 0) is 0 Å². The van der Waals surface area contributed by atoms with E-state index in [-0.39, 0.29) is 16.4 Å². The van der Waals surface area contributed by atoms with Crippen LogP contribution in [0.2, 0.25) is 5.02 Å². The number of fused-ring (bicyclic) bond motifs is 1. The molecule has 0 bridgehead atoms. The first-order chi connectivity index (χ1) is 15.3. The molecule has 32 heavy (non-hydrogen) atoms. The molecule has 0 radical (unpaired) electrons. The van der Waals surface area contributed by atoms with Crippen LogP contribution in [0.1, 0.15) is 35.2 Å². The Morgan fingerprint density at radius 3 is 2.72 bits per heavy atom. The van der Waals surface area contributed by atoms with Gasteiger partial charge >= 0.3 is 0 Å². The minimum Gasteiger partial charge on any atom is -0.366 e. The Hall–Kier alpha value is -2.82. The van der Waals surface area contributed by atoms with Crippen molar-refractivity contribution in [3.05, 3.63) is 56.6 Å². The number of nitro groups is 1. The summed E-state index contributed by atoms with van der Waals surface area (Å²) in [5.74, 6) is -0.532. The van der Waals surface area contributed by atoms with E-state index >= 15 is 0 Å². The molecular weight excluding hydrogens is 470 g/mol. The SMILES string of the molecule is Cc1cc2sc(NC(=S)NC(=O)c3ccc(N4CCCCC4)c([N+](=O)[O-])c3)nc2cc1Cl. The molecule has 0 saturated carbocycles. The lowest BCUT2D eigenvalue weighted by Gasteiger charge is -2.28. The summed E-state index contributed by atoms with van der Waals surface area (Å²) in [6.07, 6.45) is 3.12. The van der Waals surface area contributed by atoms with Crippen molar-refractivity contribution in [3.63, 3.8) is 0 Å². The molecule has 0 aliphatic carbocycles. The number of nitro benzene ring substituents is 1. The topological polar surface area (TPSA) is 100 Å². The molecule has 2 aromatic carbocycles. The van der Waals surface area contributed by atoms with Gasteiger partial charge in [0.25, 0.3) is 11.6 Å². The number of carbonyl (C=O) groups is 1. The molecule has 1 aliphatic heterocycles. The molecule has 1 aromatic heterocycles. The number of piperidine rings is 1. The first-order valence-electron chi connectivity index (χ1n) is 10.0. The number of anilines is 2. The van der Waals surface area contributed by atoms with Crippen molar-refractivity contribution in [1.82, 2.24) is 10.3 Å². The van der Waals surface area contributed by atoms with Crippen molar-refractivity contribution in [2.24, 2.45) is 0 Å². The van der Waals surface area contributed by atoms with E-state index in [9.17, 15) is 14.9 Å². The first kappa shape index (κ1) is 22.4. The van der Waals surface area contributed by atoms with Gasteiger partial charge in [-0.25, -0.2) is 4.98 Å². The summed E-state index contributed by atoms with van der Waals surface area (Å²) in [5.41, 5.74) is 2.28. The van der Waals surface area contributed by atoms with Gasteiger partial charge in [-0.15, -0.1) is 0 Å². The number of nitrogens with zero attached hydrogens (tertiary/aromatic N) is 3. The number of carbonyl (C=O) groups excluding carboxylic acids is 1. The quantitative estimate of drug-likeness (QED) is 0.292. The molecule has 11 heteroatoms. The van der Waals surface area contributed by atoms with Gasteiger partial charge in [-0.05, 0) is 68.2 Å². The number of halogens is 1. The Balaban J connectivity index is 1.47. The van der Waals surface area contributed by atoms with Gasteiger partial charge in [0.15, 0.2) is 10.2 Å². The van der Waals surface area contributed by atoms with Gasteiger partial charge in [-0.1, -0.05) is 22.9 Å². The van der Waals surface area contributed by atoms with Gasteiger partial charge < -0.3 is 10.2 Å². The second-order valence-corrected chi connectivity index (χ2v) is 9.35. The number of aryl methyl sites for hydroxylation is 1. The van der Waals surface area contributed by atoms with Crippen LogP contribution in [0.3, 0.4) is 0 Å². The lowest BCUT2D eigenvalue weighted by molar-refractivity contribution is -0.384. The molecule has 4 rings (SSSR count). The number of benzene rings is 2. The Kier molecular flexibility index (Phi) is 6.54. The van der Waals surface area contributed by atoms with Crippen LogP contribution in [-0.4, -0.2) is 34.0 Å². The van der Waals surface area contributed by atoms with Crippen LogP contribution in [0.25, 0.3) is 10.2 Å². The van der Waals surface area contributed by atoms with Gasteiger partial charge in [0.1, 0.15) is 5.69 Å². The van der Waals surface area contributed by atoms with Crippen molar-refractivity contribution >= 4 is 72.9 Å². The fourth-order valence-corrected chi connectivity index (χ4v) is 4.98. The molecule has 0 atom stereocenters. The predicted molar refractivity (Wildman–Crippen MR) is 132 cm³/mol. The Bertz CT molecular complexity index is 1180. The minimum atomic E-state index is -0.532. The highest BCUT2D eigenvalue weighted by molar-refractivity contribution is 7.80. The molecule has 8 nitrogen and oxygen atoms in total. The number of thiocarbonyl (C=S) groups is 1. The predicted octanol–water partition coefficient (Wildman–Crippen LogP) is 5.28. The zero-order chi connectivity index (χ0) is 22.8. The highest BCUT2D eigenvalue weighted by Gasteiger charge is 2.23. The summed E-state index contributed by atoms with van der Waals surface area (Å²) in [6.45, 7) is 3.45. The third-order valence-electron chi connectivity index (χ3n) is 5.25. The molecule has 1 amide bonds. The lowest BCUT2D eigenvalue weighted by atomic mass is 10.1. The van der Waals surface area contributed by atoms with Gasteiger partial charge in [-0.2, -0.15) is 0 Å². The second-order valence-electron chi connectivity index (χ2n) is 7.50. The number of hydrogen-bond acceptors (Lipinski definition) is 7. The zero-order valence-electron chi connectivity index (χ0n) is 17.2. The largest absolute Gasteiger partial charge is 0.366 e. The Morgan fingerprint density at radius 1 is 1.25 bits per heavy atom. The Morgan fingerprint density at radius 2 is 2.00 bits per heavy atom. The number of thiazole rings is 1. The van der Waals surface area contributed by atoms with E-state index in [1.165, 1.54) is 17.4 Å². The maximum Gasteiger partial charge on any atom is 0.293 e. The molecule has 1 saturated heterocycles. The highest BCUT2D eigenvalue weighted by Crippen LogP contribution is 2.32. The van der Waals surface area contributed by atoms with E-state index in [0.29, 0.717) is 15.8 Å². The van der Waals surface area contributed by atoms with Gasteiger partial charge in [0.2, 0.25) is 0 Å². The van der Waals surface area contributed by atoms with E-state index < -0.39 is 10.8 Å². The highest BCUT2D eigenvalue weighted by atomic mass is 35.5. The summed E-state index contributed by atoms with van der Waals surface area (Å²) in [4.78, 5) is 30.3.